The van der Waals surface area contributed by atoms with E-state index in [0.717, 1.165) is 9.80 Å². The van der Waals surface area contributed by atoms with Gasteiger partial charge in [0.1, 0.15) is 0 Å². The average Bonchev–Trinajstić information content (AvgIpc) is 3.17. The number of esters is 1. The number of carbonyl (C=O) groups is 4. The number of anilines is 2. The van der Waals surface area contributed by atoms with Gasteiger partial charge in [-0.05, 0) is 67.6 Å². The molecule has 0 radical (unpaired) electrons. The second-order valence-electron chi connectivity index (χ2n) is 7.93. The minimum atomic E-state index is -0.613. The number of nitrogens with zero attached hydrogens (tertiary/aromatic N) is 2. The van der Waals surface area contributed by atoms with Crippen LogP contribution in [0.25, 0.3) is 0 Å². The number of thioether (sulfide) groups is 1. The van der Waals surface area contributed by atoms with Crippen molar-refractivity contribution >= 4 is 52.5 Å². The van der Waals surface area contributed by atoms with Gasteiger partial charge in [0.05, 0.1) is 28.0 Å². The maximum absolute atomic E-state index is 13.0. The summed E-state index contributed by atoms with van der Waals surface area (Å²) in [6, 6.07) is 18.1. The number of benzene rings is 3. The number of ether oxygens (including phenoxy) is 1. The van der Waals surface area contributed by atoms with Gasteiger partial charge in [0, 0.05) is 34.7 Å². The number of nitrogens with one attached hydrogen (secondary N) is 1. The SMILES string of the molecule is CCOC(=O)c1ccc(N2C(=O)CC(Sc3ccc(NC(=O)c4ccc([N+](=O)[O-])cc4)cc3)C2=O)cc1. The Bertz CT molecular complexity index is 1360. The summed E-state index contributed by atoms with van der Waals surface area (Å²) in [5.41, 5.74) is 1.39. The van der Waals surface area contributed by atoms with Crippen molar-refractivity contribution in [3.63, 3.8) is 0 Å². The number of hydrogen-bond acceptors (Lipinski definition) is 8. The van der Waals surface area contributed by atoms with E-state index in [4.69, 9.17) is 4.74 Å². The zero-order valence-corrected chi connectivity index (χ0v) is 20.4. The molecule has 1 saturated heterocycles. The zero-order valence-electron chi connectivity index (χ0n) is 19.6. The molecule has 1 atom stereocenters. The summed E-state index contributed by atoms with van der Waals surface area (Å²) in [5, 5.41) is 12.9. The molecule has 37 heavy (non-hydrogen) atoms. The van der Waals surface area contributed by atoms with Gasteiger partial charge in [0.15, 0.2) is 0 Å². The van der Waals surface area contributed by atoms with E-state index in [9.17, 15) is 29.3 Å². The molecular weight excluding hydrogens is 498 g/mol. The maximum atomic E-state index is 13.0. The third-order valence-corrected chi connectivity index (χ3v) is 6.67. The standard InChI is InChI=1S/C26H21N3O7S/c1-2-36-26(33)17-5-9-19(10-6-17)28-23(30)15-22(25(28)32)37-21-13-7-18(8-14-21)27-24(31)16-3-11-20(12-4-16)29(34)35/h3-14,22H,2,15H2,1H3,(H,27,31). The Kier molecular flexibility index (Phi) is 7.63. The smallest absolute Gasteiger partial charge is 0.338 e. The van der Waals surface area contributed by atoms with Gasteiger partial charge in [-0.2, -0.15) is 0 Å². The lowest BCUT2D eigenvalue weighted by molar-refractivity contribution is -0.384. The number of hydrogen-bond donors (Lipinski definition) is 1. The van der Waals surface area contributed by atoms with E-state index >= 15 is 0 Å². The topological polar surface area (TPSA) is 136 Å². The number of carbonyl (C=O) groups excluding carboxylic acids is 4. The monoisotopic (exact) mass is 519 g/mol. The second kappa shape index (κ2) is 11.0. The summed E-state index contributed by atoms with van der Waals surface area (Å²) >= 11 is 1.24. The fourth-order valence-corrected chi connectivity index (χ4v) is 4.70. The molecule has 1 aliphatic rings. The van der Waals surface area contributed by atoms with Crippen LogP contribution in [0.4, 0.5) is 17.1 Å². The second-order valence-corrected chi connectivity index (χ2v) is 9.20. The predicted octanol–water partition coefficient (Wildman–Crippen LogP) is 4.45. The lowest BCUT2D eigenvalue weighted by Gasteiger charge is -2.15. The van der Waals surface area contributed by atoms with Crippen LogP contribution in [-0.4, -0.2) is 40.5 Å². The summed E-state index contributed by atoms with van der Waals surface area (Å²) in [4.78, 5) is 61.9. The van der Waals surface area contributed by atoms with Crippen molar-refractivity contribution in [3.8, 4) is 0 Å². The summed E-state index contributed by atoms with van der Waals surface area (Å²) in [6.07, 6.45) is 0.0295. The number of non-ortho nitro benzene ring substituents is 1. The molecule has 0 spiro atoms. The number of imide groups is 1. The van der Waals surface area contributed by atoms with Crippen molar-refractivity contribution in [2.24, 2.45) is 0 Å². The highest BCUT2D eigenvalue weighted by molar-refractivity contribution is 8.00. The van der Waals surface area contributed by atoms with Crippen molar-refractivity contribution in [2.75, 3.05) is 16.8 Å². The van der Waals surface area contributed by atoms with E-state index in [2.05, 4.69) is 5.32 Å². The lowest BCUT2D eigenvalue weighted by Crippen LogP contribution is -2.31. The van der Waals surface area contributed by atoms with Crippen LogP contribution in [-0.2, 0) is 14.3 Å². The van der Waals surface area contributed by atoms with Gasteiger partial charge in [0.2, 0.25) is 11.8 Å². The fraction of sp³-hybridized carbons (Fsp3) is 0.154. The molecule has 0 aliphatic carbocycles. The highest BCUT2D eigenvalue weighted by atomic mass is 32.2. The molecule has 1 heterocycles. The Balaban J connectivity index is 1.37. The molecule has 1 N–H and O–H groups in total. The fourth-order valence-electron chi connectivity index (χ4n) is 3.65. The van der Waals surface area contributed by atoms with Crippen LogP contribution in [0.5, 0.6) is 0 Å². The zero-order chi connectivity index (χ0) is 26.5. The van der Waals surface area contributed by atoms with E-state index < -0.39 is 22.0 Å². The van der Waals surface area contributed by atoms with Gasteiger partial charge in [-0.25, -0.2) is 9.69 Å². The van der Waals surface area contributed by atoms with Crippen LogP contribution in [0.2, 0.25) is 0 Å². The first-order valence-electron chi connectivity index (χ1n) is 11.2. The molecule has 0 saturated carbocycles. The molecule has 3 aromatic rings. The maximum Gasteiger partial charge on any atom is 0.338 e. The average molecular weight is 520 g/mol. The molecule has 1 aliphatic heterocycles. The quantitative estimate of drug-likeness (QED) is 0.200. The van der Waals surface area contributed by atoms with Gasteiger partial charge >= 0.3 is 5.97 Å². The Morgan fingerprint density at radius 2 is 1.62 bits per heavy atom. The van der Waals surface area contributed by atoms with Crippen LogP contribution in [0, 0.1) is 10.1 Å². The van der Waals surface area contributed by atoms with Crippen molar-refractivity contribution in [1.82, 2.24) is 0 Å². The summed E-state index contributed by atoms with van der Waals surface area (Å²) in [7, 11) is 0. The minimum Gasteiger partial charge on any atom is -0.462 e. The normalized spacial score (nSPS) is 14.9. The Morgan fingerprint density at radius 1 is 1.00 bits per heavy atom. The minimum absolute atomic E-state index is 0.0295. The lowest BCUT2D eigenvalue weighted by atomic mass is 10.2. The molecule has 10 nitrogen and oxygen atoms in total. The van der Waals surface area contributed by atoms with Crippen molar-refractivity contribution in [1.29, 1.82) is 0 Å². The van der Waals surface area contributed by atoms with E-state index in [0.29, 0.717) is 16.9 Å². The molecule has 3 amide bonds. The van der Waals surface area contributed by atoms with Crippen LogP contribution < -0.4 is 10.2 Å². The van der Waals surface area contributed by atoms with Crippen LogP contribution in [0.3, 0.4) is 0 Å². The van der Waals surface area contributed by atoms with Gasteiger partial charge in [-0.1, -0.05) is 0 Å². The Hall–Kier alpha value is -4.51. The van der Waals surface area contributed by atoms with Gasteiger partial charge in [0.25, 0.3) is 11.6 Å². The molecule has 1 fully saturated rings. The first-order valence-corrected chi connectivity index (χ1v) is 12.1. The van der Waals surface area contributed by atoms with Crippen LogP contribution in [0.1, 0.15) is 34.1 Å². The van der Waals surface area contributed by atoms with E-state index in [1.165, 1.54) is 60.3 Å². The number of amides is 3. The molecule has 3 aromatic carbocycles. The third-order valence-electron chi connectivity index (χ3n) is 5.47. The van der Waals surface area contributed by atoms with Crippen molar-refractivity contribution < 1.29 is 28.8 Å². The number of nitro groups is 1. The van der Waals surface area contributed by atoms with E-state index in [1.807, 2.05) is 0 Å². The first kappa shape index (κ1) is 25.6. The van der Waals surface area contributed by atoms with Gasteiger partial charge in [-0.3, -0.25) is 24.5 Å². The predicted molar refractivity (Wildman–Crippen MR) is 137 cm³/mol. The Labute approximate surface area is 215 Å². The van der Waals surface area contributed by atoms with Crippen LogP contribution in [0.15, 0.2) is 77.7 Å². The molecule has 0 aromatic heterocycles. The van der Waals surface area contributed by atoms with Crippen LogP contribution >= 0.6 is 11.8 Å². The Morgan fingerprint density at radius 3 is 2.22 bits per heavy atom. The summed E-state index contributed by atoms with van der Waals surface area (Å²) in [5.74, 6) is -1.58. The van der Waals surface area contributed by atoms with Crippen molar-refractivity contribution in [2.45, 2.75) is 23.5 Å². The van der Waals surface area contributed by atoms with Gasteiger partial charge < -0.3 is 10.1 Å². The highest BCUT2D eigenvalue weighted by Crippen LogP contribution is 2.34. The van der Waals surface area contributed by atoms with E-state index in [1.54, 1.807) is 31.2 Å². The summed E-state index contributed by atoms with van der Waals surface area (Å²) in [6.45, 7) is 1.95. The molecule has 188 valence electrons. The first-order chi connectivity index (χ1) is 17.8. The largest absolute Gasteiger partial charge is 0.462 e. The molecule has 11 heteroatoms. The van der Waals surface area contributed by atoms with Crippen molar-refractivity contribution in [3.05, 3.63) is 94.0 Å². The van der Waals surface area contributed by atoms with Gasteiger partial charge in [-0.15, -0.1) is 11.8 Å². The molecule has 4 rings (SSSR count). The molecule has 1 unspecified atom stereocenters. The third kappa shape index (κ3) is 5.84. The number of nitro benzene ring substituents is 1. The molecule has 0 bridgehead atoms. The highest BCUT2D eigenvalue weighted by Gasteiger charge is 2.40. The van der Waals surface area contributed by atoms with E-state index in [-0.39, 0.29) is 36.1 Å². The summed E-state index contributed by atoms with van der Waals surface area (Å²) < 4.78 is 4.95. The molecular formula is C26H21N3O7S. The number of rotatable bonds is 8.